The Kier molecular flexibility index (Phi) is 3.03. The molecule has 2 heteroatoms. The largest absolute Gasteiger partial charge is 0.326 e. The summed E-state index contributed by atoms with van der Waals surface area (Å²) in [6.07, 6.45) is 3.77. The number of hydrogen-bond acceptors (Lipinski definition) is 2. The van der Waals surface area contributed by atoms with Gasteiger partial charge in [-0.1, -0.05) is 0 Å². The van der Waals surface area contributed by atoms with E-state index in [9.17, 15) is 0 Å². The highest BCUT2D eigenvalue weighted by Crippen LogP contribution is 2.28. The van der Waals surface area contributed by atoms with Gasteiger partial charge in [-0.15, -0.1) is 0 Å². The first kappa shape index (κ1) is 11.0. The lowest BCUT2D eigenvalue weighted by molar-refractivity contribution is 0.162. The lowest BCUT2D eigenvalue weighted by Gasteiger charge is -2.33. The standard InChI is InChI=1S/C11H24N2/c1-10(2,12)7-9-13-8-5-6-11(13,3)4/h5-9,12H2,1-4H3. The van der Waals surface area contributed by atoms with Crippen LogP contribution in [0.25, 0.3) is 0 Å². The quantitative estimate of drug-likeness (QED) is 0.727. The highest BCUT2D eigenvalue weighted by Gasteiger charge is 2.31. The summed E-state index contributed by atoms with van der Waals surface area (Å²) in [5.74, 6) is 0. The van der Waals surface area contributed by atoms with E-state index in [2.05, 4.69) is 32.6 Å². The minimum Gasteiger partial charge on any atom is -0.326 e. The van der Waals surface area contributed by atoms with E-state index in [1.165, 1.54) is 19.4 Å². The molecule has 0 bridgehead atoms. The maximum Gasteiger partial charge on any atom is 0.0153 e. The molecule has 2 N–H and O–H groups in total. The molecule has 1 fully saturated rings. The van der Waals surface area contributed by atoms with E-state index in [4.69, 9.17) is 5.73 Å². The fourth-order valence-electron chi connectivity index (χ4n) is 2.00. The summed E-state index contributed by atoms with van der Waals surface area (Å²) in [6, 6.07) is 0. The van der Waals surface area contributed by atoms with Crippen LogP contribution in [0.5, 0.6) is 0 Å². The first-order chi connectivity index (χ1) is 5.81. The molecule has 0 aromatic rings. The molecule has 1 aliphatic rings. The van der Waals surface area contributed by atoms with Crippen LogP contribution < -0.4 is 5.73 Å². The summed E-state index contributed by atoms with van der Waals surface area (Å²) in [5.41, 5.74) is 6.37. The van der Waals surface area contributed by atoms with Gasteiger partial charge >= 0.3 is 0 Å². The molecule has 0 radical (unpaired) electrons. The monoisotopic (exact) mass is 184 g/mol. The third kappa shape index (κ3) is 3.28. The summed E-state index contributed by atoms with van der Waals surface area (Å²) in [5, 5.41) is 0. The SMILES string of the molecule is CC(C)(N)CCN1CCCC1(C)C. The number of rotatable bonds is 3. The lowest BCUT2D eigenvalue weighted by Crippen LogP contribution is -2.43. The van der Waals surface area contributed by atoms with Crippen LogP contribution in [0, 0.1) is 0 Å². The van der Waals surface area contributed by atoms with E-state index in [-0.39, 0.29) is 5.54 Å². The molecule has 0 unspecified atom stereocenters. The van der Waals surface area contributed by atoms with Crippen molar-refractivity contribution in [2.24, 2.45) is 5.73 Å². The average molecular weight is 184 g/mol. The molecule has 78 valence electrons. The Balaban J connectivity index is 2.37. The van der Waals surface area contributed by atoms with Crippen molar-refractivity contribution < 1.29 is 0 Å². The Morgan fingerprint density at radius 2 is 2.00 bits per heavy atom. The van der Waals surface area contributed by atoms with Gasteiger partial charge in [-0.3, -0.25) is 4.90 Å². The topological polar surface area (TPSA) is 29.3 Å². The predicted octanol–water partition coefficient (Wildman–Crippen LogP) is 1.99. The van der Waals surface area contributed by atoms with Crippen molar-refractivity contribution in [3.8, 4) is 0 Å². The van der Waals surface area contributed by atoms with Crippen molar-refractivity contribution in [2.45, 2.75) is 58.0 Å². The Labute approximate surface area is 82.5 Å². The summed E-state index contributed by atoms with van der Waals surface area (Å²) >= 11 is 0. The Morgan fingerprint density at radius 1 is 1.38 bits per heavy atom. The maximum atomic E-state index is 5.98. The third-order valence-electron chi connectivity index (χ3n) is 3.10. The van der Waals surface area contributed by atoms with Gasteiger partial charge in [0, 0.05) is 17.6 Å². The molecule has 0 amide bonds. The second-order valence-corrected chi connectivity index (χ2v) is 5.64. The van der Waals surface area contributed by atoms with Gasteiger partial charge in [-0.05, 0) is 53.5 Å². The molecule has 13 heavy (non-hydrogen) atoms. The van der Waals surface area contributed by atoms with Crippen molar-refractivity contribution in [3.63, 3.8) is 0 Å². The van der Waals surface area contributed by atoms with E-state index >= 15 is 0 Å². The second kappa shape index (κ2) is 3.58. The van der Waals surface area contributed by atoms with Gasteiger partial charge in [0.25, 0.3) is 0 Å². The molecule has 0 aliphatic carbocycles. The maximum absolute atomic E-state index is 5.98. The third-order valence-corrected chi connectivity index (χ3v) is 3.10. The zero-order valence-corrected chi connectivity index (χ0v) is 9.56. The fraction of sp³-hybridized carbons (Fsp3) is 1.00. The van der Waals surface area contributed by atoms with Gasteiger partial charge in [-0.25, -0.2) is 0 Å². The van der Waals surface area contributed by atoms with E-state index in [0.29, 0.717) is 5.54 Å². The van der Waals surface area contributed by atoms with E-state index in [1.807, 2.05) is 0 Å². The lowest BCUT2D eigenvalue weighted by atomic mass is 9.99. The van der Waals surface area contributed by atoms with Gasteiger partial charge < -0.3 is 5.73 Å². The molecule has 0 spiro atoms. The molecule has 1 aliphatic heterocycles. The van der Waals surface area contributed by atoms with E-state index in [1.54, 1.807) is 0 Å². The van der Waals surface area contributed by atoms with Crippen LogP contribution in [0.15, 0.2) is 0 Å². The molecule has 1 saturated heterocycles. The number of nitrogens with two attached hydrogens (primary N) is 1. The van der Waals surface area contributed by atoms with Crippen LogP contribution in [0.1, 0.15) is 47.0 Å². The smallest absolute Gasteiger partial charge is 0.0153 e. The molecular formula is C11H24N2. The zero-order chi connectivity index (χ0) is 10.1. The first-order valence-electron chi connectivity index (χ1n) is 5.35. The van der Waals surface area contributed by atoms with Crippen LogP contribution >= 0.6 is 0 Å². The molecule has 0 aromatic carbocycles. The van der Waals surface area contributed by atoms with Crippen LogP contribution in [0.4, 0.5) is 0 Å². The Hall–Kier alpha value is -0.0800. The predicted molar refractivity (Wildman–Crippen MR) is 57.8 cm³/mol. The summed E-state index contributed by atoms with van der Waals surface area (Å²) in [7, 11) is 0. The molecule has 1 heterocycles. The van der Waals surface area contributed by atoms with Gasteiger partial charge in [0.15, 0.2) is 0 Å². The molecule has 0 aromatic heterocycles. The summed E-state index contributed by atoms with van der Waals surface area (Å²) in [6.45, 7) is 11.3. The average Bonchev–Trinajstić information content (AvgIpc) is 2.23. The van der Waals surface area contributed by atoms with E-state index < -0.39 is 0 Å². The van der Waals surface area contributed by atoms with Crippen molar-refractivity contribution in [1.29, 1.82) is 0 Å². The summed E-state index contributed by atoms with van der Waals surface area (Å²) < 4.78 is 0. The van der Waals surface area contributed by atoms with Crippen molar-refractivity contribution in [2.75, 3.05) is 13.1 Å². The fourth-order valence-corrected chi connectivity index (χ4v) is 2.00. The van der Waals surface area contributed by atoms with Gasteiger partial charge in [-0.2, -0.15) is 0 Å². The normalized spacial score (nSPS) is 23.8. The molecule has 0 saturated carbocycles. The minimum absolute atomic E-state index is 0.0152. The highest BCUT2D eigenvalue weighted by molar-refractivity contribution is 4.89. The van der Waals surface area contributed by atoms with Crippen LogP contribution in [0.3, 0.4) is 0 Å². The molecule has 2 nitrogen and oxygen atoms in total. The summed E-state index contributed by atoms with van der Waals surface area (Å²) in [4.78, 5) is 2.57. The first-order valence-corrected chi connectivity index (χ1v) is 5.35. The van der Waals surface area contributed by atoms with Gasteiger partial charge in [0.1, 0.15) is 0 Å². The van der Waals surface area contributed by atoms with Gasteiger partial charge in [0.2, 0.25) is 0 Å². The number of likely N-dealkylation sites (tertiary alicyclic amines) is 1. The second-order valence-electron chi connectivity index (χ2n) is 5.64. The van der Waals surface area contributed by atoms with Crippen molar-refractivity contribution in [3.05, 3.63) is 0 Å². The molecular weight excluding hydrogens is 160 g/mol. The van der Waals surface area contributed by atoms with Crippen LogP contribution in [-0.4, -0.2) is 29.1 Å². The van der Waals surface area contributed by atoms with Crippen LogP contribution in [-0.2, 0) is 0 Å². The highest BCUT2D eigenvalue weighted by atomic mass is 15.2. The minimum atomic E-state index is -0.0152. The number of hydrogen-bond donors (Lipinski definition) is 1. The van der Waals surface area contributed by atoms with Gasteiger partial charge in [0.05, 0.1) is 0 Å². The molecule has 1 rings (SSSR count). The van der Waals surface area contributed by atoms with Crippen LogP contribution in [0.2, 0.25) is 0 Å². The van der Waals surface area contributed by atoms with E-state index in [0.717, 1.165) is 13.0 Å². The molecule has 0 atom stereocenters. The Bertz CT molecular complexity index is 167. The Morgan fingerprint density at radius 3 is 2.38 bits per heavy atom. The number of nitrogens with zero attached hydrogens (tertiary/aromatic N) is 1. The van der Waals surface area contributed by atoms with Crippen molar-refractivity contribution >= 4 is 0 Å². The zero-order valence-electron chi connectivity index (χ0n) is 9.56. The van der Waals surface area contributed by atoms with Crippen molar-refractivity contribution in [1.82, 2.24) is 4.90 Å².